The Bertz CT molecular complexity index is 632. The Kier molecular flexibility index (Phi) is 6.09. The van der Waals surface area contributed by atoms with Crippen LogP contribution in [0.4, 0.5) is 0 Å². The zero-order valence-electron chi connectivity index (χ0n) is 15.0. The number of hydrogen-bond donors (Lipinski definition) is 2. The fraction of sp³-hybridized carbons (Fsp3) is 0.500. The van der Waals surface area contributed by atoms with E-state index in [1.807, 2.05) is 0 Å². The van der Waals surface area contributed by atoms with Crippen LogP contribution in [0, 0.1) is 30.6 Å². The van der Waals surface area contributed by atoms with Crippen molar-refractivity contribution in [2.24, 2.45) is 23.7 Å². The molecule has 2 aliphatic rings. The van der Waals surface area contributed by atoms with Gasteiger partial charge in [0.05, 0.1) is 0 Å². The normalized spacial score (nSPS) is 27.4. The molecule has 3 rings (SSSR count). The van der Waals surface area contributed by atoms with E-state index >= 15 is 0 Å². The van der Waals surface area contributed by atoms with Gasteiger partial charge in [-0.15, -0.1) is 0 Å². The highest BCUT2D eigenvalue weighted by Gasteiger charge is 2.42. The number of carboxylic acids is 1. The summed E-state index contributed by atoms with van der Waals surface area (Å²) in [5.74, 6) is 1.94. The van der Waals surface area contributed by atoms with Gasteiger partial charge in [-0.3, -0.25) is 4.79 Å². The molecule has 25 heavy (non-hydrogen) atoms. The van der Waals surface area contributed by atoms with Crippen LogP contribution in [0.1, 0.15) is 36.8 Å². The molecule has 0 aromatic heterocycles. The number of unbranched alkanes of at least 4 members (excludes halogenated alkanes) is 1. The van der Waals surface area contributed by atoms with Gasteiger partial charge in [0.25, 0.3) is 0 Å². The maximum Gasteiger partial charge on any atom is 0.303 e. The predicted molar refractivity (Wildman–Crippen MR) is 101 cm³/mol. The Hall–Kier alpha value is -1.87. The summed E-state index contributed by atoms with van der Waals surface area (Å²) in [6, 6.07) is 8.73. The molecule has 134 valence electrons. The van der Waals surface area contributed by atoms with Crippen molar-refractivity contribution in [3.05, 3.63) is 59.7 Å². The van der Waals surface area contributed by atoms with Crippen LogP contribution in [0.25, 0.3) is 0 Å². The fourth-order valence-corrected chi connectivity index (χ4v) is 4.25. The second-order valence-corrected chi connectivity index (χ2v) is 7.52. The number of rotatable bonds is 9. The fourth-order valence-electron chi connectivity index (χ4n) is 4.25. The number of fused-ring (bicyclic) bond motifs is 2. The summed E-state index contributed by atoms with van der Waals surface area (Å²) in [5, 5.41) is 12.4. The van der Waals surface area contributed by atoms with Crippen molar-refractivity contribution in [1.82, 2.24) is 5.32 Å². The Labute approximate surface area is 150 Å². The number of nitrogens with one attached hydrogen (secondary N) is 1. The topological polar surface area (TPSA) is 49.3 Å². The van der Waals surface area contributed by atoms with Gasteiger partial charge < -0.3 is 10.4 Å². The van der Waals surface area contributed by atoms with E-state index in [0.717, 1.165) is 25.9 Å². The zero-order valence-corrected chi connectivity index (χ0v) is 15.0. The number of carboxylic acid groups (broad SMARTS) is 1. The van der Waals surface area contributed by atoms with Gasteiger partial charge in [-0.25, -0.2) is 0 Å². The largest absolute Gasteiger partial charge is 0.481 e. The van der Waals surface area contributed by atoms with Crippen molar-refractivity contribution in [3.8, 4) is 0 Å². The monoisotopic (exact) mass is 339 g/mol. The van der Waals surface area contributed by atoms with Crippen LogP contribution >= 0.6 is 0 Å². The van der Waals surface area contributed by atoms with Crippen molar-refractivity contribution in [2.45, 2.75) is 39.2 Å². The lowest BCUT2D eigenvalue weighted by atomic mass is 9.82. The summed E-state index contributed by atoms with van der Waals surface area (Å²) in [7, 11) is 0. The maximum absolute atomic E-state index is 10.6. The lowest BCUT2D eigenvalue weighted by Gasteiger charge is -2.26. The highest BCUT2D eigenvalue weighted by molar-refractivity contribution is 5.66. The highest BCUT2D eigenvalue weighted by atomic mass is 16.4. The van der Waals surface area contributed by atoms with Gasteiger partial charge >= 0.3 is 5.97 Å². The number of carbonyl (C=O) groups is 1. The van der Waals surface area contributed by atoms with Crippen LogP contribution in [0.15, 0.2) is 48.6 Å². The third kappa shape index (κ3) is 4.82. The molecule has 0 saturated heterocycles. The van der Waals surface area contributed by atoms with Crippen LogP contribution in [0.3, 0.4) is 0 Å². The van der Waals surface area contributed by atoms with E-state index in [2.05, 4.69) is 60.8 Å². The molecule has 2 bridgehead atoms. The van der Waals surface area contributed by atoms with Gasteiger partial charge in [0, 0.05) is 13.0 Å². The lowest BCUT2D eigenvalue weighted by molar-refractivity contribution is -0.137. The SMILES string of the molecule is Cc1ccc(CNC[C@H]2[C@H](/C=C\CCCC(=O)O)[C@H]3C=C[C@@H]2C3)cc1. The van der Waals surface area contributed by atoms with Gasteiger partial charge in [0.2, 0.25) is 0 Å². The molecule has 1 aromatic rings. The minimum atomic E-state index is -0.700. The van der Waals surface area contributed by atoms with E-state index < -0.39 is 5.97 Å². The molecule has 3 heteroatoms. The molecule has 1 aromatic carbocycles. The number of aliphatic carboxylic acids is 1. The minimum Gasteiger partial charge on any atom is -0.481 e. The molecular formula is C22H29NO2. The minimum absolute atomic E-state index is 0.266. The lowest BCUT2D eigenvalue weighted by Crippen LogP contribution is -2.30. The Morgan fingerprint density at radius 2 is 2.00 bits per heavy atom. The molecule has 1 fully saturated rings. The van der Waals surface area contributed by atoms with Crippen molar-refractivity contribution < 1.29 is 9.90 Å². The van der Waals surface area contributed by atoms with E-state index in [0.29, 0.717) is 23.7 Å². The van der Waals surface area contributed by atoms with Crippen LogP contribution in [0.5, 0.6) is 0 Å². The van der Waals surface area contributed by atoms with Crippen molar-refractivity contribution in [3.63, 3.8) is 0 Å². The molecule has 1 saturated carbocycles. The first-order chi connectivity index (χ1) is 12.1. The summed E-state index contributed by atoms with van der Waals surface area (Å²) >= 11 is 0. The average Bonchev–Trinajstić information content (AvgIpc) is 3.18. The summed E-state index contributed by atoms with van der Waals surface area (Å²) in [5.41, 5.74) is 2.64. The Morgan fingerprint density at radius 1 is 1.24 bits per heavy atom. The summed E-state index contributed by atoms with van der Waals surface area (Å²) in [6.45, 7) is 4.09. The second-order valence-electron chi connectivity index (χ2n) is 7.52. The number of benzene rings is 1. The van der Waals surface area contributed by atoms with E-state index in [1.54, 1.807) is 0 Å². The summed E-state index contributed by atoms with van der Waals surface area (Å²) in [4.78, 5) is 10.6. The second kappa shape index (κ2) is 8.48. The molecule has 0 radical (unpaired) electrons. The van der Waals surface area contributed by atoms with Crippen LogP contribution in [-0.4, -0.2) is 17.6 Å². The first kappa shape index (κ1) is 17.9. The Balaban J connectivity index is 1.48. The molecule has 2 N–H and O–H groups in total. The number of hydrogen-bond acceptors (Lipinski definition) is 2. The van der Waals surface area contributed by atoms with E-state index in [9.17, 15) is 4.79 Å². The quantitative estimate of drug-likeness (QED) is 0.520. The Morgan fingerprint density at radius 3 is 2.76 bits per heavy atom. The average molecular weight is 339 g/mol. The van der Waals surface area contributed by atoms with Crippen molar-refractivity contribution in [2.75, 3.05) is 6.54 Å². The molecule has 0 spiro atoms. The van der Waals surface area contributed by atoms with Crippen LogP contribution in [0.2, 0.25) is 0 Å². The van der Waals surface area contributed by atoms with Crippen molar-refractivity contribution in [1.29, 1.82) is 0 Å². The number of aryl methyl sites for hydroxylation is 1. The first-order valence-corrected chi connectivity index (χ1v) is 9.46. The van der Waals surface area contributed by atoms with E-state index in [4.69, 9.17) is 5.11 Å². The molecule has 2 aliphatic carbocycles. The van der Waals surface area contributed by atoms with E-state index in [-0.39, 0.29) is 6.42 Å². The molecule has 0 unspecified atom stereocenters. The summed E-state index contributed by atoms with van der Waals surface area (Å²) in [6.07, 6.45) is 12.5. The molecule has 3 nitrogen and oxygen atoms in total. The third-order valence-corrected chi connectivity index (χ3v) is 5.64. The van der Waals surface area contributed by atoms with Gasteiger partial charge in [-0.1, -0.05) is 54.1 Å². The highest BCUT2D eigenvalue weighted by Crippen LogP contribution is 2.48. The third-order valence-electron chi connectivity index (χ3n) is 5.64. The smallest absolute Gasteiger partial charge is 0.303 e. The van der Waals surface area contributed by atoms with Gasteiger partial charge in [0.1, 0.15) is 0 Å². The van der Waals surface area contributed by atoms with Crippen LogP contribution < -0.4 is 5.32 Å². The molecular weight excluding hydrogens is 310 g/mol. The molecule has 0 amide bonds. The molecule has 4 atom stereocenters. The first-order valence-electron chi connectivity index (χ1n) is 9.46. The maximum atomic E-state index is 10.6. The van der Waals surface area contributed by atoms with Gasteiger partial charge in [-0.05, 0) is 62.0 Å². The molecule has 0 aliphatic heterocycles. The zero-order chi connectivity index (χ0) is 17.6. The predicted octanol–water partition coefficient (Wildman–Crippen LogP) is 4.33. The van der Waals surface area contributed by atoms with E-state index in [1.165, 1.54) is 17.5 Å². The van der Waals surface area contributed by atoms with Crippen molar-refractivity contribution >= 4 is 5.97 Å². The summed E-state index contributed by atoms with van der Waals surface area (Å²) < 4.78 is 0. The van der Waals surface area contributed by atoms with Gasteiger partial charge in [-0.2, -0.15) is 0 Å². The number of allylic oxidation sites excluding steroid dienone is 4. The van der Waals surface area contributed by atoms with Crippen LogP contribution in [-0.2, 0) is 11.3 Å². The molecule has 0 heterocycles. The standard InChI is InChI=1S/C22H29NO2/c1-16-7-9-17(10-8-16)14-23-15-21-19-12-11-18(13-19)20(21)5-3-2-4-6-22(24)25/h3,5,7-12,18-21,23H,2,4,6,13-15H2,1H3,(H,24,25)/b5-3-/t18-,19+,20+,21+/m0/s1. The van der Waals surface area contributed by atoms with Gasteiger partial charge in [0.15, 0.2) is 0 Å².